The number of benzene rings is 2. The largest absolute Gasteiger partial charge is 0.491 e. The second-order valence-corrected chi connectivity index (χ2v) is 9.34. The highest BCUT2D eigenvalue weighted by molar-refractivity contribution is 7.92. The van der Waals surface area contributed by atoms with Crippen molar-refractivity contribution in [2.75, 3.05) is 23.7 Å². The number of carbonyl (C=O) groups is 1. The molecule has 0 aliphatic heterocycles. The van der Waals surface area contributed by atoms with Gasteiger partial charge in [-0.2, -0.15) is 0 Å². The summed E-state index contributed by atoms with van der Waals surface area (Å²) in [6.45, 7) is 6.23. The number of halogens is 1. The summed E-state index contributed by atoms with van der Waals surface area (Å²) in [5.41, 5.74) is 1.43. The summed E-state index contributed by atoms with van der Waals surface area (Å²) in [5, 5.41) is 3.13. The van der Waals surface area contributed by atoms with Gasteiger partial charge >= 0.3 is 0 Å². The Labute approximate surface area is 177 Å². The summed E-state index contributed by atoms with van der Waals surface area (Å²) < 4.78 is 31.4. The molecule has 2 aromatic rings. The van der Waals surface area contributed by atoms with Gasteiger partial charge in [-0.1, -0.05) is 49.7 Å². The molecule has 1 atom stereocenters. The van der Waals surface area contributed by atoms with Crippen molar-refractivity contribution in [3.05, 3.63) is 59.1 Å². The van der Waals surface area contributed by atoms with Gasteiger partial charge in [0.25, 0.3) is 0 Å². The minimum absolute atomic E-state index is 0.253. The topological polar surface area (TPSA) is 75.7 Å². The lowest BCUT2D eigenvalue weighted by molar-refractivity contribution is -0.121. The average molecular weight is 439 g/mol. The molecule has 1 amide bonds. The summed E-state index contributed by atoms with van der Waals surface area (Å²) in [6, 6.07) is 13.2. The van der Waals surface area contributed by atoms with Gasteiger partial charge < -0.3 is 10.1 Å². The Bertz CT molecular complexity index is 947. The fourth-order valence-corrected chi connectivity index (χ4v) is 4.35. The van der Waals surface area contributed by atoms with Crippen LogP contribution in [0.3, 0.4) is 0 Å². The van der Waals surface area contributed by atoms with E-state index >= 15 is 0 Å². The van der Waals surface area contributed by atoms with E-state index in [0.717, 1.165) is 21.9 Å². The Balaban J connectivity index is 2.00. The SMILES string of the molecule is CC(C)c1ccccc1OCCNC(=O)[C@@H](C)N(c1cccc(Cl)c1)S(C)(=O)=O. The normalized spacial score (nSPS) is 12.5. The fraction of sp³-hybridized carbons (Fsp3) is 0.381. The van der Waals surface area contributed by atoms with E-state index in [4.69, 9.17) is 16.3 Å². The summed E-state index contributed by atoms with van der Waals surface area (Å²) in [4.78, 5) is 12.6. The number of hydrogen-bond acceptors (Lipinski definition) is 4. The van der Waals surface area contributed by atoms with Gasteiger partial charge in [0.1, 0.15) is 18.4 Å². The highest BCUT2D eigenvalue weighted by atomic mass is 35.5. The van der Waals surface area contributed by atoms with Crippen molar-refractivity contribution < 1.29 is 17.9 Å². The van der Waals surface area contributed by atoms with Crippen LogP contribution in [0.25, 0.3) is 0 Å². The first-order chi connectivity index (χ1) is 13.6. The summed E-state index contributed by atoms with van der Waals surface area (Å²) in [6.07, 6.45) is 1.06. The van der Waals surface area contributed by atoms with Crippen LogP contribution in [0, 0.1) is 0 Å². The predicted molar refractivity (Wildman–Crippen MR) is 117 cm³/mol. The third kappa shape index (κ3) is 6.37. The molecule has 2 aromatic carbocycles. The lowest BCUT2D eigenvalue weighted by atomic mass is 10.0. The maximum Gasteiger partial charge on any atom is 0.243 e. The number of ether oxygens (including phenoxy) is 1. The van der Waals surface area contributed by atoms with Gasteiger partial charge in [0, 0.05) is 5.02 Å². The number of anilines is 1. The number of hydrogen-bond donors (Lipinski definition) is 1. The molecule has 1 N–H and O–H groups in total. The van der Waals surface area contributed by atoms with E-state index in [-0.39, 0.29) is 13.2 Å². The van der Waals surface area contributed by atoms with Crippen LogP contribution in [0.1, 0.15) is 32.3 Å². The number of sulfonamides is 1. The lowest BCUT2D eigenvalue weighted by Gasteiger charge is -2.28. The number of rotatable bonds is 9. The minimum atomic E-state index is -3.69. The van der Waals surface area contributed by atoms with Crippen LogP contribution >= 0.6 is 11.6 Å². The summed E-state index contributed by atoms with van der Waals surface area (Å²) in [5.74, 6) is 0.680. The molecule has 0 saturated carbocycles. The van der Waals surface area contributed by atoms with Gasteiger partial charge in [0.2, 0.25) is 15.9 Å². The van der Waals surface area contributed by atoms with Crippen LogP contribution in [0.15, 0.2) is 48.5 Å². The molecule has 2 rings (SSSR count). The molecule has 0 fully saturated rings. The highest BCUT2D eigenvalue weighted by Crippen LogP contribution is 2.26. The summed E-state index contributed by atoms with van der Waals surface area (Å²) in [7, 11) is -3.69. The molecule has 8 heteroatoms. The average Bonchev–Trinajstić information content (AvgIpc) is 2.64. The maximum atomic E-state index is 12.6. The lowest BCUT2D eigenvalue weighted by Crippen LogP contribution is -2.48. The second kappa shape index (κ2) is 9.98. The molecule has 0 heterocycles. The standard InChI is InChI=1S/C21H27ClN2O4S/c1-15(2)19-10-5-6-11-20(19)28-13-12-23-21(25)16(3)24(29(4,26)27)18-9-7-8-17(22)14-18/h5-11,14-16H,12-13H2,1-4H3,(H,23,25)/t16-/m1/s1. The number of nitrogens with zero attached hydrogens (tertiary/aromatic N) is 1. The van der Waals surface area contributed by atoms with E-state index in [1.54, 1.807) is 18.2 Å². The molecule has 0 radical (unpaired) electrons. The first-order valence-corrected chi connectivity index (χ1v) is 11.6. The van der Waals surface area contributed by atoms with Crippen LogP contribution in [-0.4, -0.2) is 39.8 Å². The van der Waals surface area contributed by atoms with Crippen LogP contribution < -0.4 is 14.4 Å². The Morgan fingerprint density at radius 2 is 1.83 bits per heavy atom. The number of para-hydroxylation sites is 1. The van der Waals surface area contributed by atoms with Crippen LogP contribution in [0.4, 0.5) is 5.69 Å². The molecule has 0 aromatic heterocycles. The second-order valence-electron chi connectivity index (χ2n) is 7.05. The molecule has 6 nitrogen and oxygen atoms in total. The highest BCUT2D eigenvalue weighted by Gasteiger charge is 2.29. The van der Waals surface area contributed by atoms with E-state index in [2.05, 4.69) is 19.2 Å². The van der Waals surface area contributed by atoms with E-state index in [1.165, 1.54) is 13.0 Å². The third-order valence-corrected chi connectivity index (χ3v) is 5.83. The minimum Gasteiger partial charge on any atom is -0.491 e. The molecule has 0 aliphatic rings. The Kier molecular flexibility index (Phi) is 7.93. The molecule has 29 heavy (non-hydrogen) atoms. The van der Waals surface area contributed by atoms with E-state index in [1.807, 2.05) is 24.3 Å². The molecular weight excluding hydrogens is 412 g/mol. The zero-order chi connectivity index (χ0) is 21.6. The van der Waals surface area contributed by atoms with Crippen LogP contribution in [0.2, 0.25) is 5.02 Å². The molecule has 158 valence electrons. The molecule has 0 aliphatic carbocycles. The Hall–Kier alpha value is -2.25. The monoisotopic (exact) mass is 438 g/mol. The summed E-state index contributed by atoms with van der Waals surface area (Å²) >= 11 is 5.98. The van der Waals surface area contributed by atoms with Crippen molar-refractivity contribution in [1.82, 2.24) is 5.32 Å². The van der Waals surface area contributed by atoms with Gasteiger partial charge in [-0.05, 0) is 42.7 Å². The van der Waals surface area contributed by atoms with Crippen molar-refractivity contribution in [2.45, 2.75) is 32.7 Å². The number of nitrogens with one attached hydrogen (secondary N) is 1. The van der Waals surface area contributed by atoms with Gasteiger partial charge in [0.05, 0.1) is 18.5 Å². The Morgan fingerprint density at radius 3 is 2.45 bits per heavy atom. The van der Waals surface area contributed by atoms with Crippen molar-refractivity contribution in [1.29, 1.82) is 0 Å². The Morgan fingerprint density at radius 1 is 1.14 bits per heavy atom. The molecule has 0 spiro atoms. The van der Waals surface area contributed by atoms with Gasteiger partial charge in [-0.25, -0.2) is 8.42 Å². The van der Waals surface area contributed by atoms with Gasteiger partial charge in [-0.15, -0.1) is 0 Å². The fourth-order valence-electron chi connectivity index (χ4n) is 2.99. The smallest absolute Gasteiger partial charge is 0.243 e. The van der Waals surface area contributed by atoms with Gasteiger partial charge in [-0.3, -0.25) is 9.10 Å². The van der Waals surface area contributed by atoms with Crippen molar-refractivity contribution in [2.24, 2.45) is 0 Å². The van der Waals surface area contributed by atoms with Crippen molar-refractivity contribution in [3.63, 3.8) is 0 Å². The first kappa shape index (κ1) is 23.0. The van der Waals surface area contributed by atoms with Crippen LogP contribution in [0.5, 0.6) is 5.75 Å². The quantitative estimate of drug-likeness (QED) is 0.604. The molecule has 0 unspecified atom stereocenters. The zero-order valence-corrected chi connectivity index (χ0v) is 18.6. The van der Waals surface area contributed by atoms with E-state index in [0.29, 0.717) is 16.6 Å². The maximum absolute atomic E-state index is 12.6. The first-order valence-electron chi connectivity index (χ1n) is 9.35. The molecular formula is C21H27ClN2O4S. The van der Waals surface area contributed by atoms with Gasteiger partial charge in [0.15, 0.2) is 0 Å². The van der Waals surface area contributed by atoms with E-state index in [9.17, 15) is 13.2 Å². The zero-order valence-electron chi connectivity index (χ0n) is 17.1. The number of carbonyl (C=O) groups excluding carboxylic acids is 1. The van der Waals surface area contributed by atoms with Crippen molar-refractivity contribution in [3.8, 4) is 5.75 Å². The number of amides is 1. The van der Waals surface area contributed by atoms with Crippen LogP contribution in [-0.2, 0) is 14.8 Å². The molecule has 0 saturated heterocycles. The van der Waals surface area contributed by atoms with E-state index < -0.39 is 22.0 Å². The molecule has 0 bridgehead atoms. The predicted octanol–water partition coefficient (Wildman–Crippen LogP) is 3.81. The van der Waals surface area contributed by atoms with Crippen molar-refractivity contribution >= 4 is 33.2 Å². The third-order valence-electron chi connectivity index (χ3n) is 4.35.